The molecular formula is C15H19Cl2N. The summed E-state index contributed by atoms with van der Waals surface area (Å²) in [5, 5.41) is 1.39. The summed E-state index contributed by atoms with van der Waals surface area (Å²) < 4.78 is 0. The van der Waals surface area contributed by atoms with Gasteiger partial charge in [0.2, 0.25) is 0 Å². The van der Waals surface area contributed by atoms with E-state index in [1.807, 2.05) is 12.1 Å². The van der Waals surface area contributed by atoms with Crippen molar-refractivity contribution in [3.05, 3.63) is 45.5 Å². The van der Waals surface area contributed by atoms with E-state index in [1.165, 1.54) is 24.8 Å². The predicted octanol–water partition coefficient (Wildman–Crippen LogP) is 4.75. The molecule has 1 nitrogen and oxygen atoms in total. The Kier molecular flexibility index (Phi) is 5.11. The third kappa shape index (κ3) is 3.74. The number of hydrogen-bond donors (Lipinski definition) is 1. The Morgan fingerprint density at radius 2 is 2.00 bits per heavy atom. The fourth-order valence-electron chi connectivity index (χ4n) is 2.43. The highest BCUT2D eigenvalue weighted by molar-refractivity contribution is 6.35. The SMILES string of the molecule is NC(Cc1ccc(Cl)cc1Cl)C1=CCCCCC1. The number of halogens is 2. The highest BCUT2D eigenvalue weighted by Crippen LogP contribution is 2.25. The number of rotatable bonds is 3. The molecule has 1 aliphatic carbocycles. The van der Waals surface area contributed by atoms with E-state index >= 15 is 0 Å². The first kappa shape index (κ1) is 13.9. The van der Waals surface area contributed by atoms with E-state index in [0.29, 0.717) is 10.0 Å². The minimum atomic E-state index is 0.0850. The Morgan fingerprint density at radius 1 is 1.17 bits per heavy atom. The molecule has 98 valence electrons. The van der Waals surface area contributed by atoms with Crippen LogP contribution >= 0.6 is 23.2 Å². The molecular weight excluding hydrogens is 265 g/mol. The first-order valence-electron chi connectivity index (χ1n) is 6.55. The fraction of sp³-hybridized carbons (Fsp3) is 0.467. The molecule has 0 radical (unpaired) electrons. The van der Waals surface area contributed by atoms with Crippen LogP contribution < -0.4 is 5.73 Å². The second-order valence-corrected chi connectivity index (χ2v) is 5.77. The van der Waals surface area contributed by atoms with E-state index in [0.717, 1.165) is 24.8 Å². The van der Waals surface area contributed by atoms with E-state index < -0.39 is 0 Å². The van der Waals surface area contributed by atoms with Gasteiger partial charge in [-0.2, -0.15) is 0 Å². The van der Waals surface area contributed by atoms with Crippen LogP contribution in [-0.4, -0.2) is 6.04 Å². The smallest absolute Gasteiger partial charge is 0.0453 e. The molecule has 1 aliphatic rings. The van der Waals surface area contributed by atoms with Crippen LogP contribution in [0.15, 0.2) is 29.8 Å². The molecule has 18 heavy (non-hydrogen) atoms. The third-order valence-electron chi connectivity index (χ3n) is 3.51. The maximum atomic E-state index is 6.30. The summed E-state index contributed by atoms with van der Waals surface area (Å²) in [4.78, 5) is 0. The zero-order valence-corrected chi connectivity index (χ0v) is 12.0. The van der Waals surface area contributed by atoms with Crippen LogP contribution in [-0.2, 0) is 6.42 Å². The van der Waals surface area contributed by atoms with Gasteiger partial charge in [-0.1, -0.05) is 47.3 Å². The van der Waals surface area contributed by atoms with Crippen LogP contribution in [0, 0.1) is 0 Å². The molecule has 3 heteroatoms. The first-order valence-corrected chi connectivity index (χ1v) is 7.31. The topological polar surface area (TPSA) is 26.0 Å². The van der Waals surface area contributed by atoms with Gasteiger partial charge in [0.1, 0.15) is 0 Å². The van der Waals surface area contributed by atoms with Gasteiger partial charge >= 0.3 is 0 Å². The van der Waals surface area contributed by atoms with Gasteiger partial charge in [0.05, 0.1) is 0 Å². The summed E-state index contributed by atoms with van der Waals surface area (Å²) in [6, 6.07) is 5.72. The van der Waals surface area contributed by atoms with Crippen LogP contribution in [0.4, 0.5) is 0 Å². The monoisotopic (exact) mass is 283 g/mol. The lowest BCUT2D eigenvalue weighted by Gasteiger charge is -2.16. The van der Waals surface area contributed by atoms with Crippen molar-refractivity contribution >= 4 is 23.2 Å². The Bertz CT molecular complexity index is 440. The summed E-state index contributed by atoms with van der Waals surface area (Å²) in [6.45, 7) is 0. The molecule has 1 unspecified atom stereocenters. The second-order valence-electron chi connectivity index (χ2n) is 4.92. The molecule has 0 aromatic heterocycles. The van der Waals surface area contributed by atoms with Crippen LogP contribution in [0.2, 0.25) is 10.0 Å². The minimum absolute atomic E-state index is 0.0850. The maximum Gasteiger partial charge on any atom is 0.0453 e. The second kappa shape index (κ2) is 6.60. The van der Waals surface area contributed by atoms with Gasteiger partial charge in [0, 0.05) is 16.1 Å². The van der Waals surface area contributed by atoms with E-state index in [2.05, 4.69) is 6.08 Å². The number of nitrogens with two attached hydrogens (primary N) is 1. The summed E-state index contributed by atoms with van der Waals surface area (Å²) in [7, 11) is 0. The van der Waals surface area contributed by atoms with Crippen molar-refractivity contribution in [2.24, 2.45) is 5.73 Å². The summed E-state index contributed by atoms with van der Waals surface area (Å²) in [5.74, 6) is 0. The van der Waals surface area contributed by atoms with Crippen molar-refractivity contribution in [1.82, 2.24) is 0 Å². The van der Waals surface area contributed by atoms with Crippen LogP contribution in [0.5, 0.6) is 0 Å². The zero-order chi connectivity index (χ0) is 13.0. The van der Waals surface area contributed by atoms with Crippen molar-refractivity contribution in [2.45, 2.75) is 44.6 Å². The lowest BCUT2D eigenvalue weighted by atomic mass is 9.96. The molecule has 0 saturated carbocycles. The maximum absolute atomic E-state index is 6.30. The van der Waals surface area contributed by atoms with Gasteiger partial charge in [0.15, 0.2) is 0 Å². The molecule has 1 atom stereocenters. The minimum Gasteiger partial charge on any atom is -0.324 e. The van der Waals surface area contributed by atoms with E-state index in [4.69, 9.17) is 28.9 Å². The Labute approximate surface area is 119 Å². The zero-order valence-electron chi connectivity index (χ0n) is 10.5. The summed E-state index contributed by atoms with van der Waals surface area (Å²) >= 11 is 12.1. The Hall–Kier alpha value is -0.500. The van der Waals surface area contributed by atoms with Crippen LogP contribution in [0.3, 0.4) is 0 Å². The van der Waals surface area contributed by atoms with Crippen molar-refractivity contribution in [2.75, 3.05) is 0 Å². The number of allylic oxidation sites excluding steroid dienone is 1. The van der Waals surface area contributed by atoms with E-state index in [-0.39, 0.29) is 6.04 Å². The number of benzene rings is 1. The van der Waals surface area contributed by atoms with E-state index in [9.17, 15) is 0 Å². The highest BCUT2D eigenvalue weighted by Gasteiger charge is 2.13. The van der Waals surface area contributed by atoms with Gasteiger partial charge in [-0.05, 0) is 49.8 Å². The fourth-order valence-corrected chi connectivity index (χ4v) is 2.92. The number of hydrogen-bond acceptors (Lipinski definition) is 1. The lowest BCUT2D eigenvalue weighted by molar-refractivity contribution is 0.672. The van der Waals surface area contributed by atoms with Gasteiger partial charge < -0.3 is 5.73 Å². The first-order chi connectivity index (χ1) is 8.66. The highest BCUT2D eigenvalue weighted by atomic mass is 35.5. The largest absolute Gasteiger partial charge is 0.324 e. The van der Waals surface area contributed by atoms with Gasteiger partial charge in [-0.3, -0.25) is 0 Å². The molecule has 0 spiro atoms. The predicted molar refractivity (Wildman–Crippen MR) is 79.3 cm³/mol. The van der Waals surface area contributed by atoms with Crippen LogP contribution in [0.25, 0.3) is 0 Å². The van der Waals surface area contributed by atoms with Crippen molar-refractivity contribution in [1.29, 1.82) is 0 Å². The van der Waals surface area contributed by atoms with Crippen molar-refractivity contribution in [3.63, 3.8) is 0 Å². The molecule has 1 aromatic rings. The normalized spacial score (nSPS) is 18.1. The molecule has 0 fully saturated rings. The third-order valence-corrected chi connectivity index (χ3v) is 4.09. The summed E-state index contributed by atoms with van der Waals surface area (Å²) in [5.41, 5.74) is 8.77. The molecule has 2 N–H and O–H groups in total. The van der Waals surface area contributed by atoms with Crippen molar-refractivity contribution in [3.8, 4) is 0 Å². The average Bonchev–Trinajstić information content (AvgIpc) is 2.61. The van der Waals surface area contributed by atoms with Crippen molar-refractivity contribution < 1.29 is 0 Å². The Morgan fingerprint density at radius 3 is 2.78 bits per heavy atom. The molecule has 0 aliphatic heterocycles. The quantitative estimate of drug-likeness (QED) is 0.796. The van der Waals surface area contributed by atoms with Gasteiger partial charge in [-0.15, -0.1) is 0 Å². The lowest BCUT2D eigenvalue weighted by Crippen LogP contribution is -2.25. The molecule has 0 amide bonds. The molecule has 2 rings (SSSR count). The molecule has 0 bridgehead atoms. The molecule has 1 aromatic carbocycles. The summed E-state index contributed by atoms with van der Waals surface area (Å²) in [6.07, 6.45) is 9.27. The van der Waals surface area contributed by atoms with Gasteiger partial charge in [-0.25, -0.2) is 0 Å². The van der Waals surface area contributed by atoms with Gasteiger partial charge in [0.25, 0.3) is 0 Å². The Balaban J connectivity index is 2.05. The standard InChI is InChI=1S/C15H19Cl2N/c16-13-8-7-12(14(17)10-13)9-15(18)11-5-3-1-2-4-6-11/h5,7-8,10,15H,1-4,6,9,18H2. The molecule has 0 heterocycles. The average molecular weight is 284 g/mol. The van der Waals surface area contributed by atoms with E-state index in [1.54, 1.807) is 6.07 Å². The van der Waals surface area contributed by atoms with Crippen LogP contribution in [0.1, 0.15) is 37.7 Å². The molecule has 0 saturated heterocycles.